The van der Waals surface area contributed by atoms with Crippen LogP contribution in [-0.4, -0.2) is 23.0 Å². The molecular formula is C15H18O4. The smallest absolute Gasteiger partial charge is 0.303 e. The molecule has 1 fully saturated rings. The summed E-state index contributed by atoms with van der Waals surface area (Å²) < 4.78 is 5.82. The monoisotopic (exact) mass is 262 g/mol. The number of aliphatic carboxylic acids is 1. The molecule has 0 radical (unpaired) electrons. The Hall–Kier alpha value is -1.84. The van der Waals surface area contributed by atoms with Gasteiger partial charge in [-0.05, 0) is 37.0 Å². The molecule has 102 valence electrons. The summed E-state index contributed by atoms with van der Waals surface area (Å²) in [4.78, 5) is 21.6. The van der Waals surface area contributed by atoms with E-state index in [1.165, 1.54) is 0 Å². The summed E-state index contributed by atoms with van der Waals surface area (Å²) in [5.41, 5.74) is 0.994. The normalized spacial score (nSPS) is 16.3. The predicted octanol–water partition coefficient (Wildman–Crippen LogP) is 2.59. The van der Waals surface area contributed by atoms with E-state index in [1.54, 1.807) is 0 Å². The molecule has 0 saturated heterocycles. The second-order valence-electron chi connectivity index (χ2n) is 4.89. The van der Waals surface area contributed by atoms with Crippen molar-refractivity contribution >= 4 is 11.8 Å². The molecule has 1 aromatic rings. The molecule has 0 aliphatic heterocycles. The highest BCUT2D eigenvalue weighted by Gasteiger charge is 2.19. The van der Waals surface area contributed by atoms with Crippen LogP contribution in [0.2, 0.25) is 0 Å². The number of carbonyl (C=O) groups is 2. The summed E-state index contributed by atoms with van der Waals surface area (Å²) in [5, 5.41) is 8.61. The molecule has 19 heavy (non-hydrogen) atoms. The Labute approximate surface area is 112 Å². The number of ketones is 1. The third-order valence-electron chi connectivity index (χ3n) is 3.34. The first-order valence-electron chi connectivity index (χ1n) is 6.62. The minimum absolute atomic E-state index is 0.127. The van der Waals surface area contributed by atoms with Gasteiger partial charge in [0.05, 0.1) is 6.10 Å². The van der Waals surface area contributed by atoms with Crippen LogP contribution in [0.3, 0.4) is 0 Å². The van der Waals surface area contributed by atoms with Gasteiger partial charge in [0.2, 0.25) is 0 Å². The molecule has 1 aromatic carbocycles. The quantitative estimate of drug-likeness (QED) is 0.885. The van der Waals surface area contributed by atoms with Crippen LogP contribution in [0.15, 0.2) is 24.3 Å². The fourth-order valence-electron chi connectivity index (χ4n) is 2.21. The SMILES string of the molecule is O=C(O)CCc1ccc(OC2CCC(=O)CC2)cc1. The van der Waals surface area contributed by atoms with E-state index >= 15 is 0 Å². The molecule has 2 rings (SSSR count). The van der Waals surface area contributed by atoms with Crippen LogP contribution in [0.1, 0.15) is 37.7 Å². The first-order chi connectivity index (χ1) is 9.13. The number of benzene rings is 1. The van der Waals surface area contributed by atoms with E-state index in [0.29, 0.717) is 25.0 Å². The molecule has 0 heterocycles. The van der Waals surface area contributed by atoms with Crippen molar-refractivity contribution < 1.29 is 19.4 Å². The predicted molar refractivity (Wildman–Crippen MR) is 70.3 cm³/mol. The highest BCUT2D eigenvalue weighted by molar-refractivity contribution is 5.79. The van der Waals surface area contributed by atoms with Gasteiger partial charge in [0.15, 0.2) is 0 Å². The van der Waals surface area contributed by atoms with Gasteiger partial charge in [-0.3, -0.25) is 9.59 Å². The molecule has 1 aliphatic carbocycles. The Morgan fingerprint density at radius 1 is 1.21 bits per heavy atom. The van der Waals surface area contributed by atoms with Crippen LogP contribution in [0.4, 0.5) is 0 Å². The van der Waals surface area contributed by atoms with Crippen LogP contribution >= 0.6 is 0 Å². The molecule has 4 heteroatoms. The van der Waals surface area contributed by atoms with Gasteiger partial charge >= 0.3 is 5.97 Å². The Morgan fingerprint density at radius 2 is 1.84 bits per heavy atom. The van der Waals surface area contributed by atoms with Gasteiger partial charge in [-0.25, -0.2) is 0 Å². The molecule has 4 nitrogen and oxygen atoms in total. The summed E-state index contributed by atoms with van der Waals surface area (Å²) in [6.45, 7) is 0. The number of rotatable bonds is 5. The van der Waals surface area contributed by atoms with Crippen molar-refractivity contribution in [3.8, 4) is 5.75 Å². The van der Waals surface area contributed by atoms with Gasteiger partial charge < -0.3 is 9.84 Å². The largest absolute Gasteiger partial charge is 0.490 e. The van der Waals surface area contributed by atoms with Gasteiger partial charge in [0, 0.05) is 19.3 Å². The Balaban J connectivity index is 1.84. The van der Waals surface area contributed by atoms with Crippen molar-refractivity contribution in [3.05, 3.63) is 29.8 Å². The number of ether oxygens (including phenoxy) is 1. The lowest BCUT2D eigenvalue weighted by Gasteiger charge is -2.22. The molecular weight excluding hydrogens is 244 g/mol. The zero-order chi connectivity index (χ0) is 13.7. The summed E-state index contributed by atoms with van der Waals surface area (Å²) in [6, 6.07) is 7.53. The topological polar surface area (TPSA) is 63.6 Å². The minimum atomic E-state index is -0.785. The Bertz CT molecular complexity index is 440. The number of hydrogen-bond acceptors (Lipinski definition) is 3. The molecule has 0 bridgehead atoms. The van der Waals surface area contributed by atoms with E-state index in [2.05, 4.69) is 0 Å². The van der Waals surface area contributed by atoms with E-state index < -0.39 is 5.97 Å². The van der Waals surface area contributed by atoms with Crippen molar-refractivity contribution in [2.24, 2.45) is 0 Å². The standard InChI is InChI=1S/C15H18O4/c16-12-4-8-14(9-5-12)19-13-6-1-11(2-7-13)3-10-15(17)18/h1-2,6-7,14H,3-5,8-10H2,(H,17,18). The fraction of sp³-hybridized carbons (Fsp3) is 0.467. The number of carboxylic acid groups (broad SMARTS) is 1. The van der Waals surface area contributed by atoms with Gasteiger partial charge in [-0.1, -0.05) is 12.1 Å². The summed E-state index contributed by atoms with van der Waals surface area (Å²) in [6.07, 6.45) is 3.61. The van der Waals surface area contributed by atoms with Gasteiger partial charge in [-0.2, -0.15) is 0 Å². The first kappa shape index (κ1) is 13.6. The van der Waals surface area contributed by atoms with E-state index in [4.69, 9.17) is 9.84 Å². The molecule has 0 spiro atoms. The van der Waals surface area contributed by atoms with Crippen molar-refractivity contribution in [2.45, 2.75) is 44.6 Å². The molecule has 0 atom stereocenters. The zero-order valence-corrected chi connectivity index (χ0v) is 10.8. The number of aryl methyl sites for hydroxylation is 1. The van der Waals surface area contributed by atoms with Crippen LogP contribution in [-0.2, 0) is 16.0 Å². The molecule has 1 N–H and O–H groups in total. The van der Waals surface area contributed by atoms with Crippen LogP contribution in [0.25, 0.3) is 0 Å². The van der Waals surface area contributed by atoms with Crippen LogP contribution in [0.5, 0.6) is 5.75 Å². The Morgan fingerprint density at radius 3 is 2.42 bits per heavy atom. The van der Waals surface area contributed by atoms with Crippen LogP contribution < -0.4 is 4.74 Å². The maximum Gasteiger partial charge on any atom is 0.303 e. The second kappa shape index (κ2) is 6.36. The Kier molecular flexibility index (Phi) is 4.55. The molecule has 0 unspecified atom stereocenters. The lowest BCUT2D eigenvalue weighted by Crippen LogP contribution is -2.23. The number of Topliss-reactive ketones (excluding diaryl/α,β-unsaturated/α-hetero) is 1. The number of carboxylic acids is 1. The highest BCUT2D eigenvalue weighted by atomic mass is 16.5. The number of hydrogen-bond donors (Lipinski definition) is 1. The van der Waals surface area contributed by atoms with Crippen LogP contribution in [0, 0.1) is 0 Å². The van der Waals surface area contributed by atoms with Crippen molar-refractivity contribution in [3.63, 3.8) is 0 Å². The summed E-state index contributed by atoms with van der Waals surface area (Å²) in [5.74, 6) is 0.328. The zero-order valence-electron chi connectivity index (χ0n) is 10.8. The van der Waals surface area contributed by atoms with Crippen molar-refractivity contribution in [2.75, 3.05) is 0 Å². The van der Waals surface area contributed by atoms with Gasteiger partial charge in [0.25, 0.3) is 0 Å². The third kappa shape index (κ3) is 4.39. The molecule has 1 aliphatic rings. The molecule has 0 aromatic heterocycles. The van der Waals surface area contributed by atoms with Gasteiger partial charge in [0.1, 0.15) is 11.5 Å². The molecule has 1 saturated carbocycles. The minimum Gasteiger partial charge on any atom is -0.490 e. The highest BCUT2D eigenvalue weighted by Crippen LogP contribution is 2.22. The van der Waals surface area contributed by atoms with E-state index in [0.717, 1.165) is 24.2 Å². The van der Waals surface area contributed by atoms with E-state index in [9.17, 15) is 9.59 Å². The van der Waals surface area contributed by atoms with Crippen molar-refractivity contribution in [1.29, 1.82) is 0 Å². The summed E-state index contributed by atoms with van der Waals surface area (Å²) in [7, 11) is 0. The fourth-order valence-corrected chi connectivity index (χ4v) is 2.21. The maximum absolute atomic E-state index is 11.1. The van der Waals surface area contributed by atoms with Gasteiger partial charge in [-0.15, -0.1) is 0 Å². The van der Waals surface area contributed by atoms with E-state index in [1.807, 2.05) is 24.3 Å². The number of carbonyl (C=O) groups excluding carboxylic acids is 1. The summed E-state index contributed by atoms with van der Waals surface area (Å²) >= 11 is 0. The lowest BCUT2D eigenvalue weighted by molar-refractivity contribution is -0.137. The lowest BCUT2D eigenvalue weighted by atomic mass is 9.96. The average molecular weight is 262 g/mol. The molecule has 0 amide bonds. The maximum atomic E-state index is 11.1. The average Bonchev–Trinajstić information content (AvgIpc) is 2.40. The first-order valence-corrected chi connectivity index (χ1v) is 6.62. The van der Waals surface area contributed by atoms with E-state index in [-0.39, 0.29) is 12.5 Å². The second-order valence-corrected chi connectivity index (χ2v) is 4.89. The third-order valence-corrected chi connectivity index (χ3v) is 3.34. The van der Waals surface area contributed by atoms with Crippen molar-refractivity contribution in [1.82, 2.24) is 0 Å².